The van der Waals surface area contributed by atoms with Crippen LogP contribution >= 0.6 is 12.4 Å². The summed E-state index contributed by atoms with van der Waals surface area (Å²) in [4.78, 5) is 6.48. The summed E-state index contributed by atoms with van der Waals surface area (Å²) in [6, 6.07) is 8.58. The Hall–Kier alpha value is -2.08. The molecule has 3 rings (SSSR count). The molecule has 0 amide bonds. The third-order valence-corrected chi connectivity index (χ3v) is 6.09. The zero-order valence-electron chi connectivity index (χ0n) is 18.8. The fourth-order valence-electron chi connectivity index (χ4n) is 4.20. The SMILES string of the molecule is CCCCCCCCCCc1ccc(-c2noc(CC3CCN(C(=N)N)C3)n2)cc1.Cl. The number of nitrogens with two attached hydrogens (primary N) is 1. The van der Waals surface area contributed by atoms with E-state index < -0.39 is 0 Å². The van der Waals surface area contributed by atoms with E-state index in [4.69, 9.17) is 15.7 Å². The molecular weight excluding hydrogens is 410 g/mol. The van der Waals surface area contributed by atoms with E-state index in [1.54, 1.807) is 0 Å². The van der Waals surface area contributed by atoms with Gasteiger partial charge in [0.05, 0.1) is 0 Å². The van der Waals surface area contributed by atoms with Crippen molar-refractivity contribution in [2.45, 2.75) is 77.6 Å². The Kier molecular flexibility index (Phi) is 10.9. The highest BCUT2D eigenvalue weighted by Crippen LogP contribution is 2.22. The van der Waals surface area contributed by atoms with Crippen LogP contribution in [-0.4, -0.2) is 34.1 Å². The molecule has 2 aromatic rings. The van der Waals surface area contributed by atoms with Crippen molar-refractivity contribution in [3.63, 3.8) is 0 Å². The van der Waals surface area contributed by atoms with Crippen LogP contribution in [0.25, 0.3) is 11.4 Å². The number of unbranched alkanes of at least 4 members (excludes halogenated alkanes) is 7. The van der Waals surface area contributed by atoms with Crippen molar-refractivity contribution in [3.05, 3.63) is 35.7 Å². The van der Waals surface area contributed by atoms with Gasteiger partial charge in [-0.15, -0.1) is 12.4 Å². The molecule has 0 spiro atoms. The van der Waals surface area contributed by atoms with Crippen LogP contribution in [0.3, 0.4) is 0 Å². The van der Waals surface area contributed by atoms with Gasteiger partial charge >= 0.3 is 0 Å². The van der Waals surface area contributed by atoms with Crippen molar-refractivity contribution in [2.24, 2.45) is 11.7 Å². The van der Waals surface area contributed by atoms with Gasteiger partial charge in [0.2, 0.25) is 11.7 Å². The van der Waals surface area contributed by atoms with Gasteiger partial charge < -0.3 is 15.2 Å². The molecule has 1 fully saturated rings. The molecular formula is C24H38ClN5O. The summed E-state index contributed by atoms with van der Waals surface area (Å²) in [6.45, 7) is 3.89. The van der Waals surface area contributed by atoms with Gasteiger partial charge in [-0.25, -0.2) is 0 Å². The number of hydrogen-bond donors (Lipinski definition) is 2. The van der Waals surface area contributed by atoms with Gasteiger partial charge in [0.25, 0.3) is 0 Å². The minimum atomic E-state index is 0. The van der Waals surface area contributed by atoms with Crippen LogP contribution in [-0.2, 0) is 12.8 Å². The first kappa shape index (κ1) is 25.2. The molecule has 0 bridgehead atoms. The second kappa shape index (κ2) is 13.4. The van der Waals surface area contributed by atoms with E-state index in [0.29, 0.717) is 17.6 Å². The molecule has 1 saturated heterocycles. The van der Waals surface area contributed by atoms with Crippen LogP contribution in [0.2, 0.25) is 0 Å². The molecule has 31 heavy (non-hydrogen) atoms. The average molecular weight is 448 g/mol. The number of benzene rings is 1. The van der Waals surface area contributed by atoms with Crippen molar-refractivity contribution in [1.29, 1.82) is 5.41 Å². The van der Waals surface area contributed by atoms with E-state index in [9.17, 15) is 0 Å². The molecule has 1 aliphatic rings. The van der Waals surface area contributed by atoms with E-state index in [1.807, 2.05) is 4.90 Å². The smallest absolute Gasteiger partial charge is 0.227 e. The number of aryl methyl sites for hydroxylation is 1. The summed E-state index contributed by atoms with van der Waals surface area (Å²) in [5, 5.41) is 11.7. The Morgan fingerprint density at radius 2 is 1.77 bits per heavy atom. The molecule has 172 valence electrons. The lowest BCUT2D eigenvalue weighted by Gasteiger charge is -2.14. The molecule has 1 aromatic carbocycles. The Morgan fingerprint density at radius 1 is 1.10 bits per heavy atom. The highest BCUT2D eigenvalue weighted by molar-refractivity contribution is 5.85. The third kappa shape index (κ3) is 8.17. The zero-order chi connectivity index (χ0) is 21.2. The number of aromatic nitrogens is 2. The molecule has 7 heteroatoms. The number of hydrogen-bond acceptors (Lipinski definition) is 4. The molecule has 0 saturated carbocycles. The number of halogens is 1. The quantitative estimate of drug-likeness (QED) is 0.251. The highest BCUT2D eigenvalue weighted by Gasteiger charge is 2.25. The number of nitrogens with one attached hydrogen (secondary N) is 1. The Morgan fingerprint density at radius 3 is 2.42 bits per heavy atom. The minimum Gasteiger partial charge on any atom is -0.370 e. The molecule has 1 aromatic heterocycles. The van der Waals surface area contributed by atoms with E-state index >= 15 is 0 Å². The van der Waals surface area contributed by atoms with Crippen molar-refractivity contribution < 1.29 is 4.52 Å². The van der Waals surface area contributed by atoms with E-state index in [-0.39, 0.29) is 18.4 Å². The normalized spacial score (nSPS) is 15.8. The van der Waals surface area contributed by atoms with Crippen molar-refractivity contribution in [1.82, 2.24) is 15.0 Å². The van der Waals surface area contributed by atoms with Crippen LogP contribution in [0.5, 0.6) is 0 Å². The molecule has 3 N–H and O–H groups in total. The van der Waals surface area contributed by atoms with Crippen LogP contribution in [0.1, 0.15) is 76.2 Å². The zero-order valence-corrected chi connectivity index (χ0v) is 19.6. The van der Waals surface area contributed by atoms with Crippen LogP contribution in [0, 0.1) is 11.3 Å². The second-order valence-electron chi connectivity index (χ2n) is 8.62. The Labute approximate surface area is 192 Å². The van der Waals surface area contributed by atoms with Gasteiger partial charge in [-0.1, -0.05) is 81.3 Å². The maximum Gasteiger partial charge on any atom is 0.227 e. The first-order valence-electron chi connectivity index (χ1n) is 11.7. The lowest BCUT2D eigenvalue weighted by atomic mass is 10.0. The maximum absolute atomic E-state index is 7.54. The first-order chi connectivity index (χ1) is 14.7. The summed E-state index contributed by atoms with van der Waals surface area (Å²) >= 11 is 0. The van der Waals surface area contributed by atoms with Crippen molar-refractivity contribution in [3.8, 4) is 11.4 Å². The molecule has 0 radical (unpaired) electrons. The predicted octanol–water partition coefficient (Wildman–Crippen LogP) is 5.60. The van der Waals surface area contributed by atoms with Gasteiger partial charge in [-0.05, 0) is 30.7 Å². The van der Waals surface area contributed by atoms with E-state index in [1.165, 1.54) is 56.9 Å². The van der Waals surface area contributed by atoms with Gasteiger partial charge in [0.1, 0.15) is 0 Å². The summed E-state index contributed by atoms with van der Waals surface area (Å²) in [5.41, 5.74) is 7.95. The standard InChI is InChI=1S/C24H37N5O.ClH/c1-2-3-4-5-6-7-8-9-10-19-11-13-21(14-12-19)23-27-22(30-28-23)17-20-15-16-29(18-20)24(25)26;/h11-14,20H,2-10,15-18H2,1H3,(H3,25,26);1H. The average Bonchev–Trinajstić information content (AvgIpc) is 3.41. The van der Waals surface area contributed by atoms with Crippen molar-refractivity contribution >= 4 is 18.4 Å². The minimum absolute atomic E-state index is 0. The molecule has 1 unspecified atom stereocenters. The van der Waals surface area contributed by atoms with E-state index in [0.717, 1.165) is 37.9 Å². The lowest BCUT2D eigenvalue weighted by Crippen LogP contribution is -2.34. The highest BCUT2D eigenvalue weighted by atomic mass is 35.5. The van der Waals surface area contributed by atoms with Gasteiger partial charge in [0, 0.05) is 25.1 Å². The van der Waals surface area contributed by atoms with Crippen LogP contribution in [0.15, 0.2) is 28.8 Å². The third-order valence-electron chi connectivity index (χ3n) is 6.09. The molecule has 1 aliphatic heterocycles. The fraction of sp³-hybridized carbons (Fsp3) is 0.625. The summed E-state index contributed by atoms with van der Waals surface area (Å²) in [7, 11) is 0. The Balaban J connectivity index is 0.00000341. The van der Waals surface area contributed by atoms with Gasteiger partial charge in [-0.2, -0.15) is 4.98 Å². The molecule has 2 heterocycles. The van der Waals surface area contributed by atoms with Gasteiger partial charge in [-0.3, -0.25) is 5.41 Å². The monoisotopic (exact) mass is 447 g/mol. The van der Waals surface area contributed by atoms with Crippen molar-refractivity contribution in [2.75, 3.05) is 13.1 Å². The second-order valence-corrected chi connectivity index (χ2v) is 8.62. The number of rotatable bonds is 12. The fourth-order valence-corrected chi connectivity index (χ4v) is 4.20. The topological polar surface area (TPSA) is 92.0 Å². The van der Waals surface area contributed by atoms with Crippen LogP contribution in [0.4, 0.5) is 0 Å². The maximum atomic E-state index is 7.54. The summed E-state index contributed by atoms with van der Waals surface area (Å²) < 4.78 is 5.47. The number of nitrogens with zero attached hydrogens (tertiary/aromatic N) is 3. The number of guanidine groups is 1. The van der Waals surface area contributed by atoms with Gasteiger partial charge in [0.15, 0.2) is 5.96 Å². The molecule has 1 atom stereocenters. The first-order valence-corrected chi connectivity index (χ1v) is 11.7. The Bertz CT molecular complexity index is 777. The summed E-state index contributed by atoms with van der Waals surface area (Å²) in [6.07, 6.45) is 13.7. The summed E-state index contributed by atoms with van der Waals surface area (Å²) in [5.74, 6) is 1.89. The largest absolute Gasteiger partial charge is 0.370 e. The molecule has 0 aliphatic carbocycles. The van der Waals surface area contributed by atoms with E-state index in [2.05, 4.69) is 41.3 Å². The predicted molar refractivity (Wildman–Crippen MR) is 129 cm³/mol. The number of likely N-dealkylation sites (tertiary alicyclic amines) is 1. The molecule has 6 nitrogen and oxygen atoms in total. The van der Waals surface area contributed by atoms with Crippen LogP contribution < -0.4 is 5.73 Å². The lowest BCUT2D eigenvalue weighted by molar-refractivity contribution is 0.353.